The Labute approximate surface area is 147 Å². The average Bonchev–Trinajstić information content (AvgIpc) is 3.06. The lowest BCUT2D eigenvalue weighted by Crippen LogP contribution is -2.11. The van der Waals surface area contributed by atoms with Gasteiger partial charge in [-0.3, -0.25) is 0 Å². The lowest BCUT2D eigenvalue weighted by molar-refractivity contribution is 0.648. The third-order valence-electron chi connectivity index (χ3n) is 3.57. The summed E-state index contributed by atoms with van der Waals surface area (Å²) in [4.78, 5) is 4.70. The summed E-state index contributed by atoms with van der Waals surface area (Å²) in [5.74, 6) is 0. The molecule has 1 aromatic heterocycles. The van der Waals surface area contributed by atoms with Crippen LogP contribution in [0.5, 0.6) is 0 Å². The molecule has 1 unspecified atom stereocenters. The highest BCUT2D eigenvalue weighted by Crippen LogP contribution is 2.27. The van der Waals surface area contributed by atoms with Gasteiger partial charge >= 0.3 is 0 Å². The van der Waals surface area contributed by atoms with Crippen LogP contribution in [-0.4, -0.2) is 12.0 Å². The molecule has 3 aromatic rings. The van der Waals surface area contributed by atoms with Gasteiger partial charge in [0.1, 0.15) is 5.01 Å². The molecule has 0 amide bonds. The topological polar surface area (TPSA) is 37.0 Å². The second-order valence-electron chi connectivity index (χ2n) is 5.15. The van der Waals surface area contributed by atoms with Crippen LogP contribution in [0.2, 0.25) is 0 Å². The third kappa shape index (κ3) is 4.32. The van der Waals surface area contributed by atoms with Gasteiger partial charge in [-0.1, -0.05) is 30.3 Å². The molecule has 120 valence electrons. The molecule has 0 aliphatic rings. The van der Waals surface area contributed by atoms with Crippen LogP contribution in [0.25, 0.3) is 11.3 Å². The van der Waals surface area contributed by atoms with Gasteiger partial charge in [0.05, 0.1) is 11.7 Å². The van der Waals surface area contributed by atoms with Gasteiger partial charge in [-0.15, -0.1) is 23.7 Å². The van der Waals surface area contributed by atoms with E-state index in [1.54, 1.807) is 11.3 Å². The van der Waals surface area contributed by atoms with Gasteiger partial charge in [-0.2, -0.15) is 0 Å². The van der Waals surface area contributed by atoms with E-state index >= 15 is 0 Å². The Balaban J connectivity index is 0.00000192. The maximum Gasteiger partial charge on any atom is 0.110 e. The number of nitrogens with zero attached hydrogens (tertiary/aromatic N) is 1. The average molecular weight is 346 g/mol. The van der Waals surface area contributed by atoms with E-state index in [1.165, 1.54) is 0 Å². The maximum absolute atomic E-state index is 4.70. The number of anilines is 2. The van der Waals surface area contributed by atoms with Crippen molar-refractivity contribution >= 4 is 35.1 Å². The van der Waals surface area contributed by atoms with Gasteiger partial charge in [0, 0.05) is 22.3 Å². The SMILES string of the molecule is CNC(C)c1nc(-c2ccc(Nc3ccccc3)cc2)cs1.Cl. The normalized spacial score (nSPS) is 11.6. The fourth-order valence-electron chi connectivity index (χ4n) is 2.16. The molecule has 0 saturated carbocycles. The Hall–Kier alpha value is -1.88. The smallest absolute Gasteiger partial charge is 0.110 e. The van der Waals surface area contributed by atoms with Crippen molar-refractivity contribution in [1.29, 1.82) is 0 Å². The van der Waals surface area contributed by atoms with E-state index in [9.17, 15) is 0 Å². The van der Waals surface area contributed by atoms with E-state index in [4.69, 9.17) is 4.98 Å². The minimum absolute atomic E-state index is 0. The fraction of sp³-hybridized carbons (Fsp3) is 0.167. The summed E-state index contributed by atoms with van der Waals surface area (Å²) in [5, 5.41) is 9.84. The first kappa shape index (κ1) is 17.5. The molecule has 0 aliphatic heterocycles. The fourth-order valence-corrected chi connectivity index (χ4v) is 3.05. The van der Waals surface area contributed by atoms with E-state index in [0.29, 0.717) is 0 Å². The van der Waals surface area contributed by atoms with Crippen LogP contribution in [-0.2, 0) is 0 Å². The minimum Gasteiger partial charge on any atom is -0.356 e. The van der Waals surface area contributed by atoms with Crippen molar-refractivity contribution in [3.05, 3.63) is 65.0 Å². The van der Waals surface area contributed by atoms with E-state index < -0.39 is 0 Å². The summed E-state index contributed by atoms with van der Waals surface area (Å²) in [7, 11) is 1.95. The summed E-state index contributed by atoms with van der Waals surface area (Å²) in [6.07, 6.45) is 0. The minimum atomic E-state index is 0. The van der Waals surface area contributed by atoms with Gasteiger partial charge in [0.15, 0.2) is 0 Å². The van der Waals surface area contributed by atoms with Crippen molar-refractivity contribution in [2.45, 2.75) is 13.0 Å². The van der Waals surface area contributed by atoms with Crippen molar-refractivity contribution < 1.29 is 0 Å². The number of aromatic nitrogens is 1. The highest BCUT2D eigenvalue weighted by molar-refractivity contribution is 7.10. The molecular weight excluding hydrogens is 326 g/mol. The Kier molecular flexibility index (Phi) is 6.16. The van der Waals surface area contributed by atoms with Gasteiger partial charge in [-0.25, -0.2) is 4.98 Å². The molecular formula is C18H20ClN3S. The molecule has 0 bridgehead atoms. The molecule has 0 fully saturated rings. The van der Waals surface area contributed by atoms with Crippen LogP contribution < -0.4 is 10.6 Å². The van der Waals surface area contributed by atoms with E-state index in [2.05, 4.69) is 59.3 Å². The highest BCUT2D eigenvalue weighted by atomic mass is 35.5. The summed E-state index contributed by atoms with van der Waals surface area (Å²) in [6.45, 7) is 2.12. The lowest BCUT2D eigenvalue weighted by Gasteiger charge is -2.07. The molecule has 0 saturated heterocycles. The summed E-state index contributed by atoms with van der Waals surface area (Å²) >= 11 is 1.69. The summed E-state index contributed by atoms with van der Waals surface area (Å²) in [5.41, 5.74) is 4.35. The molecule has 3 rings (SSSR count). The maximum atomic E-state index is 4.70. The molecule has 1 atom stereocenters. The van der Waals surface area contributed by atoms with Crippen LogP contribution in [0.15, 0.2) is 60.0 Å². The quantitative estimate of drug-likeness (QED) is 0.662. The van der Waals surface area contributed by atoms with Gasteiger partial charge in [-0.05, 0) is 38.2 Å². The predicted molar refractivity (Wildman–Crippen MR) is 102 cm³/mol. The Morgan fingerprint density at radius 1 is 0.957 bits per heavy atom. The van der Waals surface area contributed by atoms with Crippen LogP contribution in [0.3, 0.4) is 0 Å². The number of rotatable bonds is 5. The molecule has 5 heteroatoms. The first-order chi connectivity index (χ1) is 10.8. The monoisotopic (exact) mass is 345 g/mol. The van der Waals surface area contributed by atoms with Crippen LogP contribution in [0.4, 0.5) is 11.4 Å². The first-order valence-corrected chi connectivity index (χ1v) is 8.19. The van der Waals surface area contributed by atoms with Gasteiger partial charge < -0.3 is 10.6 Å². The molecule has 2 N–H and O–H groups in total. The van der Waals surface area contributed by atoms with Crippen molar-refractivity contribution in [3.63, 3.8) is 0 Å². The van der Waals surface area contributed by atoms with Gasteiger partial charge in [0.25, 0.3) is 0 Å². The molecule has 1 heterocycles. The van der Waals surface area contributed by atoms with Crippen LogP contribution in [0, 0.1) is 0 Å². The highest BCUT2D eigenvalue weighted by Gasteiger charge is 2.09. The number of hydrogen-bond donors (Lipinski definition) is 2. The number of halogens is 1. The predicted octanol–water partition coefficient (Wildman–Crippen LogP) is 5.26. The zero-order valence-electron chi connectivity index (χ0n) is 13.1. The van der Waals surface area contributed by atoms with E-state index in [1.807, 2.05) is 25.2 Å². The first-order valence-electron chi connectivity index (χ1n) is 7.31. The second kappa shape index (κ2) is 8.11. The van der Waals surface area contributed by atoms with E-state index in [0.717, 1.165) is 27.6 Å². The zero-order chi connectivity index (χ0) is 15.4. The number of benzene rings is 2. The molecule has 0 radical (unpaired) electrons. The zero-order valence-corrected chi connectivity index (χ0v) is 14.7. The Morgan fingerprint density at radius 2 is 1.61 bits per heavy atom. The Bertz CT molecular complexity index is 726. The molecule has 0 spiro atoms. The number of hydrogen-bond acceptors (Lipinski definition) is 4. The lowest BCUT2D eigenvalue weighted by atomic mass is 10.1. The van der Waals surface area contributed by atoms with Crippen molar-refractivity contribution in [1.82, 2.24) is 10.3 Å². The number of para-hydroxylation sites is 1. The molecule has 2 aromatic carbocycles. The van der Waals surface area contributed by atoms with Gasteiger partial charge in [0.2, 0.25) is 0 Å². The third-order valence-corrected chi connectivity index (χ3v) is 4.60. The van der Waals surface area contributed by atoms with Crippen LogP contribution in [0.1, 0.15) is 18.0 Å². The van der Waals surface area contributed by atoms with Crippen molar-refractivity contribution in [2.24, 2.45) is 0 Å². The standard InChI is InChI=1S/C18H19N3S.ClH/c1-13(19-2)18-21-17(12-22-18)14-8-10-16(11-9-14)20-15-6-4-3-5-7-15;/h3-13,19-20H,1-2H3;1H. The Morgan fingerprint density at radius 3 is 2.26 bits per heavy atom. The summed E-state index contributed by atoms with van der Waals surface area (Å²) < 4.78 is 0. The second-order valence-corrected chi connectivity index (χ2v) is 6.04. The molecule has 0 aliphatic carbocycles. The van der Waals surface area contributed by atoms with E-state index in [-0.39, 0.29) is 18.4 Å². The van der Waals surface area contributed by atoms with Crippen LogP contribution >= 0.6 is 23.7 Å². The van der Waals surface area contributed by atoms with Crippen molar-refractivity contribution in [2.75, 3.05) is 12.4 Å². The van der Waals surface area contributed by atoms with Crippen molar-refractivity contribution in [3.8, 4) is 11.3 Å². The number of thiazole rings is 1. The summed E-state index contributed by atoms with van der Waals surface area (Å²) in [6, 6.07) is 18.8. The largest absolute Gasteiger partial charge is 0.356 e. The number of nitrogens with one attached hydrogen (secondary N) is 2. The molecule has 3 nitrogen and oxygen atoms in total. The molecule has 23 heavy (non-hydrogen) atoms.